The number of aliphatic hydroxyl groups is 2. The average molecular weight is 417 g/mol. The van der Waals surface area contributed by atoms with E-state index in [1.165, 1.54) is 0 Å². The first-order valence-electron chi connectivity index (χ1n) is 5.69. The van der Waals surface area contributed by atoms with E-state index in [1.807, 2.05) is 16.1 Å². The lowest BCUT2D eigenvalue weighted by atomic mass is 10.3. The third kappa shape index (κ3) is 3.16. The van der Waals surface area contributed by atoms with Crippen LogP contribution in [-0.2, 0) is 13.1 Å². The van der Waals surface area contributed by atoms with Crippen LogP contribution in [0, 0.1) is 6.92 Å². The van der Waals surface area contributed by atoms with Gasteiger partial charge in [0.1, 0.15) is 13.1 Å². The minimum atomic E-state index is 0. The fraction of sp³-hybridized carbons (Fsp3) is 0.417. The van der Waals surface area contributed by atoms with Gasteiger partial charge in [0, 0.05) is 19.1 Å². The largest absolute Gasteiger partial charge is 1.00 e. The molecule has 0 saturated heterocycles. The molecule has 0 fully saturated rings. The van der Waals surface area contributed by atoms with Gasteiger partial charge >= 0.3 is 0 Å². The Labute approximate surface area is 138 Å². The van der Waals surface area contributed by atoms with E-state index in [-0.39, 0.29) is 37.2 Å². The number of benzene rings is 1. The molecule has 0 unspecified atom stereocenters. The molecule has 0 bridgehead atoms. The molecular formula is C12H15Cl2IN2O2. The van der Waals surface area contributed by atoms with E-state index in [4.69, 9.17) is 33.4 Å². The zero-order valence-electron chi connectivity index (χ0n) is 10.4. The number of hydrogen-bond acceptors (Lipinski definition) is 2. The van der Waals surface area contributed by atoms with Crippen LogP contribution >= 0.6 is 23.2 Å². The Hall–Kier alpha value is -0.0800. The molecule has 4 nitrogen and oxygen atoms in total. The lowest BCUT2D eigenvalue weighted by Crippen LogP contribution is -3.00. The molecule has 0 radical (unpaired) electrons. The third-order valence-corrected chi connectivity index (χ3v) is 3.75. The van der Waals surface area contributed by atoms with Crippen molar-refractivity contribution in [3.05, 3.63) is 28.0 Å². The molecule has 2 N–H and O–H groups in total. The van der Waals surface area contributed by atoms with Gasteiger partial charge in [0.15, 0.2) is 11.0 Å². The van der Waals surface area contributed by atoms with E-state index in [1.54, 1.807) is 12.1 Å². The molecule has 0 aliphatic heterocycles. The van der Waals surface area contributed by atoms with Crippen LogP contribution in [0.2, 0.25) is 10.0 Å². The number of nitrogens with zero attached hydrogens (tertiary/aromatic N) is 2. The molecule has 2 rings (SSSR count). The van der Waals surface area contributed by atoms with Crippen molar-refractivity contribution in [3.63, 3.8) is 0 Å². The molecular weight excluding hydrogens is 402 g/mol. The summed E-state index contributed by atoms with van der Waals surface area (Å²) in [6.07, 6.45) is 0. The SMILES string of the molecule is Cc1n(CCO)c2cc(Cl)c(Cl)cc2[n+]1CCO.[I-]. The smallest absolute Gasteiger partial charge is 0.254 e. The monoisotopic (exact) mass is 416 g/mol. The summed E-state index contributed by atoms with van der Waals surface area (Å²) in [7, 11) is 0. The van der Waals surface area contributed by atoms with Crippen molar-refractivity contribution in [2.24, 2.45) is 0 Å². The zero-order valence-corrected chi connectivity index (χ0v) is 14.1. The first-order chi connectivity index (χ1) is 8.60. The van der Waals surface area contributed by atoms with Gasteiger partial charge in [0.2, 0.25) is 0 Å². The summed E-state index contributed by atoms with van der Waals surface area (Å²) >= 11 is 12.1. The summed E-state index contributed by atoms with van der Waals surface area (Å²) in [6, 6.07) is 3.57. The molecule has 7 heteroatoms. The standard InChI is InChI=1S/C12H15Cl2N2O2.HI/c1-8-15(2-4-17)11-6-9(13)10(14)7-12(11)16(8)3-5-18;/h6-7,17-18H,2-5H2,1H3;1H/q+1;/p-1. The number of fused-ring (bicyclic) bond motifs is 1. The molecule has 0 aliphatic carbocycles. The van der Waals surface area contributed by atoms with Gasteiger partial charge in [-0.05, 0) is 0 Å². The van der Waals surface area contributed by atoms with Crippen molar-refractivity contribution in [2.75, 3.05) is 13.2 Å². The Morgan fingerprint density at radius 2 is 1.79 bits per heavy atom. The second kappa shape index (κ2) is 7.08. The normalized spacial score (nSPS) is 10.8. The Morgan fingerprint density at radius 3 is 2.37 bits per heavy atom. The molecule has 0 aliphatic rings. The summed E-state index contributed by atoms with van der Waals surface area (Å²) in [5.41, 5.74) is 1.81. The fourth-order valence-electron chi connectivity index (χ4n) is 2.22. The molecule has 19 heavy (non-hydrogen) atoms. The summed E-state index contributed by atoms with van der Waals surface area (Å²) in [5.74, 6) is 0.950. The first kappa shape index (κ1) is 17.0. The van der Waals surface area contributed by atoms with E-state index in [0.29, 0.717) is 23.1 Å². The highest BCUT2D eigenvalue weighted by atomic mass is 127. The van der Waals surface area contributed by atoms with Crippen LogP contribution in [-0.4, -0.2) is 28.0 Å². The van der Waals surface area contributed by atoms with Gasteiger partial charge in [-0.25, -0.2) is 9.13 Å². The van der Waals surface area contributed by atoms with Gasteiger partial charge in [-0.15, -0.1) is 0 Å². The van der Waals surface area contributed by atoms with E-state index in [9.17, 15) is 0 Å². The highest BCUT2D eigenvalue weighted by Crippen LogP contribution is 2.27. The van der Waals surface area contributed by atoms with Crippen molar-refractivity contribution >= 4 is 34.2 Å². The Kier molecular flexibility index (Phi) is 6.32. The molecule has 106 valence electrons. The number of aliphatic hydroxyl groups excluding tert-OH is 2. The third-order valence-electron chi connectivity index (χ3n) is 3.03. The van der Waals surface area contributed by atoms with Gasteiger partial charge in [0.05, 0.1) is 23.3 Å². The predicted molar refractivity (Wildman–Crippen MR) is 71.1 cm³/mol. The van der Waals surface area contributed by atoms with Gasteiger partial charge < -0.3 is 34.2 Å². The molecule has 1 aromatic carbocycles. The summed E-state index contributed by atoms with van der Waals surface area (Å²) in [4.78, 5) is 0. The molecule has 0 amide bonds. The van der Waals surface area contributed by atoms with E-state index < -0.39 is 0 Å². The van der Waals surface area contributed by atoms with Crippen LogP contribution in [0.5, 0.6) is 0 Å². The van der Waals surface area contributed by atoms with Crippen LogP contribution in [0.15, 0.2) is 12.1 Å². The Bertz CT molecular complexity index is 538. The average Bonchev–Trinajstić information content (AvgIpc) is 2.57. The van der Waals surface area contributed by atoms with E-state index >= 15 is 0 Å². The van der Waals surface area contributed by atoms with E-state index in [0.717, 1.165) is 16.9 Å². The molecule has 1 heterocycles. The summed E-state index contributed by atoms with van der Waals surface area (Å²) < 4.78 is 3.93. The van der Waals surface area contributed by atoms with Crippen LogP contribution in [0.3, 0.4) is 0 Å². The number of hydrogen-bond donors (Lipinski definition) is 2. The maximum absolute atomic E-state index is 9.13. The van der Waals surface area contributed by atoms with Crippen LogP contribution < -0.4 is 28.5 Å². The lowest BCUT2D eigenvalue weighted by molar-refractivity contribution is -0.679. The molecule has 0 saturated carbocycles. The van der Waals surface area contributed by atoms with Gasteiger partial charge in [0.25, 0.3) is 5.82 Å². The van der Waals surface area contributed by atoms with Crippen molar-refractivity contribution in [2.45, 2.75) is 20.0 Å². The molecule has 0 spiro atoms. The first-order valence-corrected chi connectivity index (χ1v) is 6.45. The quantitative estimate of drug-likeness (QED) is 0.472. The summed E-state index contributed by atoms with van der Waals surface area (Å²) in [6.45, 7) is 3.00. The van der Waals surface area contributed by atoms with Gasteiger partial charge in [-0.3, -0.25) is 0 Å². The van der Waals surface area contributed by atoms with Gasteiger partial charge in [-0.1, -0.05) is 23.2 Å². The van der Waals surface area contributed by atoms with Crippen LogP contribution in [0.25, 0.3) is 11.0 Å². The number of imidazole rings is 1. The minimum absolute atomic E-state index is 0. The second-order valence-corrected chi connectivity index (χ2v) is 4.87. The minimum Gasteiger partial charge on any atom is -1.00 e. The zero-order chi connectivity index (χ0) is 13.3. The molecule has 1 aromatic heterocycles. The lowest BCUT2D eigenvalue weighted by Gasteiger charge is -1.97. The highest BCUT2D eigenvalue weighted by molar-refractivity contribution is 6.42. The Balaban J connectivity index is 0.00000180. The number of aromatic nitrogens is 2. The van der Waals surface area contributed by atoms with Gasteiger partial charge in [-0.2, -0.15) is 0 Å². The Morgan fingerprint density at radius 1 is 1.16 bits per heavy atom. The predicted octanol–water partition coefficient (Wildman–Crippen LogP) is -1.47. The molecule has 2 aromatic rings. The van der Waals surface area contributed by atoms with Crippen molar-refractivity contribution in [1.29, 1.82) is 0 Å². The van der Waals surface area contributed by atoms with Crippen molar-refractivity contribution in [1.82, 2.24) is 4.57 Å². The fourth-order valence-corrected chi connectivity index (χ4v) is 2.53. The van der Waals surface area contributed by atoms with E-state index in [2.05, 4.69) is 0 Å². The maximum Gasteiger partial charge on any atom is 0.254 e. The number of halogens is 3. The van der Waals surface area contributed by atoms with Crippen LogP contribution in [0.4, 0.5) is 0 Å². The number of rotatable bonds is 4. The summed E-state index contributed by atoms with van der Waals surface area (Å²) in [5, 5.41) is 19.2. The van der Waals surface area contributed by atoms with Crippen molar-refractivity contribution in [3.8, 4) is 0 Å². The molecule has 0 atom stereocenters. The maximum atomic E-state index is 9.13. The highest BCUT2D eigenvalue weighted by Gasteiger charge is 2.22. The van der Waals surface area contributed by atoms with Crippen LogP contribution in [0.1, 0.15) is 5.82 Å². The second-order valence-electron chi connectivity index (χ2n) is 4.05. The topological polar surface area (TPSA) is 49.3 Å². The van der Waals surface area contributed by atoms with Crippen molar-refractivity contribution < 1.29 is 38.8 Å².